The number of amides is 4. The molecule has 6 aliphatic heterocycles. The van der Waals surface area contributed by atoms with Crippen molar-refractivity contribution in [1.29, 1.82) is 0 Å². The number of aliphatic hydroxyl groups excluding tert-OH is 2. The number of nitrogen functional groups attached to an aromatic ring is 1. The highest BCUT2D eigenvalue weighted by Gasteiger charge is 2.53. The van der Waals surface area contributed by atoms with Crippen molar-refractivity contribution in [2.24, 2.45) is 35.3 Å². The number of hydrogen-bond donors (Lipinski definition) is 7. The predicted octanol–water partition coefficient (Wildman–Crippen LogP) is 7.32. The van der Waals surface area contributed by atoms with E-state index < -0.39 is 120 Å². The normalized spacial score (nSPS) is 27.8. The van der Waals surface area contributed by atoms with Gasteiger partial charge in [-0.2, -0.15) is 5.10 Å². The number of carbonyl (C=O) groups is 8. The summed E-state index contributed by atoms with van der Waals surface area (Å²) in [5, 5.41) is 44.1. The predicted molar refractivity (Wildman–Crippen MR) is 488 cm³/mol. The molecule has 7 aliphatic rings. The summed E-state index contributed by atoms with van der Waals surface area (Å²) in [5.74, 6) is -7.97. The third-order valence-corrected chi connectivity index (χ3v) is 27.0. The van der Waals surface area contributed by atoms with Gasteiger partial charge in [0.15, 0.2) is 11.4 Å². The number of rotatable bonds is 16. The monoisotopic (exact) mass is 1810 g/mol. The van der Waals surface area contributed by atoms with Crippen LogP contribution in [-0.4, -0.2) is 277 Å². The van der Waals surface area contributed by atoms with E-state index in [4.69, 9.17) is 40.3 Å². The highest BCUT2D eigenvalue weighted by atomic mass is 16.6. The van der Waals surface area contributed by atoms with Crippen molar-refractivity contribution in [2.45, 2.75) is 205 Å². The number of benzene rings is 1. The number of hydrogen-bond acceptors (Lipinski definition) is 31. The molecule has 1 aromatic carbocycles. The van der Waals surface area contributed by atoms with Gasteiger partial charge in [0.1, 0.15) is 59.7 Å². The molecule has 1 saturated carbocycles. The maximum atomic E-state index is 14.8. The number of aromatic nitrogens is 12. The molecule has 37 heteroatoms. The van der Waals surface area contributed by atoms with Gasteiger partial charge < -0.3 is 90.2 Å². The largest absolute Gasteiger partial charge is 0.459 e. The van der Waals surface area contributed by atoms with E-state index >= 15 is 0 Å². The van der Waals surface area contributed by atoms with E-state index in [0.29, 0.717) is 187 Å². The number of nitrogens with zero attached hydrogens (tertiary/aromatic N) is 17. The molecule has 132 heavy (non-hydrogen) atoms. The topological polar surface area (TPSA) is 477 Å². The Bertz CT molecular complexity index is 5620. The Morgan fingerprint density at radius 3 is 2.05 bits per heavy atom. The minimum atomic E-state index is -2.52. The number of piperazine rings is 2. The fraction of sp³-hybridized carbons (Fsp3) is 0.516. The van der Waals surface area contributed by atoms with Crippen LogP contribution in [0.15, 0.2) is 134 Å². The lowest BCUT2D eigenvalue weighted by Crippen LogP contribution is -2.61. The molecule has 13 heterocycles. The molecule has 0 spiro atoms. The number of alkyl carbamates (subject to hydrolysis) is 1. The van der Waals surface area contributed by atoms with Gasteiger partial charge in [0.25, 0.3) is 23.5 Å². The number of nitrogens with two attached hydrogens (primary N) is 2. The molecule has 5 fully saturated rings. The first-order valence-electron chi connectivity index (χ1n) is 45.7. The van der Waals surface area contributed by atoms with Gasteiger partial charge in [-0.25, -0.2) is 59.1 Å². The molecule has 15 rings (SSSR count). The molecule has 15 atom stereocenters. The van der Waals surface area contributed by atoms with Gasteiger partial charge >= 0.3 is 12.1 Å². The highest BCUT2D eigenvalue weighted by Crippen LogP contribution is 2.40. The second-order valence-electron chi connectivity index (χ2n) is 36.2. The molecule has 700 valence electrons. The number of esters is 1. The number of pyridine rings is 1. The molecule has 0 radical (unpaired) electrons. The average Bonchev–Trinajstić information content (AvgIpc) is 1.69. The van der Waals surface area contributed by atoms with Gasteiger partial charge in [0, 0.05) is 195 Å². The molecule has 4 amide bonds. The Kier molecular flexibility index (Phi) is 30.1. The third kappa shape index (κ3) is 21.7. The zero-order chi connectivity index (χ0) is 93.2. The number of H-pyrrole nitrogens is 1. The maximum absolute atomic E-state index is 14.8. The summed E-state index contributed by atoms with van der Waals surface area (Å²) in [6.45, 7) is 15.7. The van der Waals surface area contributed by atoms with E-state index in [1.807, 2.05) is 86.8 Å². The van der Waals surface area contributed by atoms with Crippen molar-refractivity contribution < 1.29 is 77.4 Å². The van der Waals surface area contributed by atoms with Crippen molar-refractivity contribution in [3.8, 4) is 11.3 Å². The van der Waals surface area contributed by atoms with Gasteiger partial charge in [-0.1, -0.05) is 82.4 Å². The Morgan fingerprint density at radius 2 is 1.36 bits per heavy atom. The van der Waals surface area contributed by atoms with E-state index in [0.717, 1.165) is 43.8 Å². The van der Waals surface area contributed by atoms with Crippen molar-refractivity contribution in [1.82, 2.24) is 79.6 Å². The Balaban J connectivity index is 0.498. The minimum Gasteiger partial charge on any atom is -0.459 e. The van der Waals surface area contributed by atoms with Gasteiger partial charge in [-0.3, -0.25) is 28.8 Å². The smallest absolute Gasteiger partial charge is 0.407 e. The molecule has 7 aromatic heterocycles. The quantitative estimate of drug-likeness (QED) is 0.0283. The van der Waals surface area contributed by atoms with Crippen LogP contribution in [0, 0.1) is 29.6 Å². The summed E-state index contributed by atoms with van der Waals surface area (Å²) in [5.41, 5.74) is 22.0. The number of aliphatic hydroxyl groups is 3. The van der Waals surface area contributed by atoms with Crippen molar-refractivity contribution in [3.63, 3.8) is 0 Å². The number of piperidine rings is 1. The number of ether oxygens (including phenoxy) is 5. The first kappa shape index (κ1) is 94.4. The number of cyclic esters (lactones) is 1. The summed E-state index contributed by atoms with van der Waals surface area (Å²) >= 11 is 0. The number of allylic oxidation sites excluding steroid dienone is 6. The summed E-state index contributed by atoms with van der Waals surface area (Å²) in [6.07, 6.45) is 21.7. The van der Waals surface area contributed by atoms with E-state index in [1.54, 1.807) is 76.2 Å². The standard InChI is InChI=1S/C95H119N21O16/c1-55-14-10-9-11-15-56(2)75(128-7)42-70-21-17-60(6)95(127,132-70)83(121)89(124)115-26-13-12-16-72(115)90(125)130-76(43-73(117)57(3)37-59(5)81(119)82(120)80(118)58(4)36-55)71(96)39-61-19-22-74(77(40-61)129-8)131-94(126)106-46-63-44-100-91(101-45-63)112-32-34-113(35-33-112)93-102-48-68(49-103-93)87(122)110-28-30-111(31-29-110)92-104-50-69(51-105-92)88(123)114-27-24-64-38-62(18-20-66(64)53-114)52-116-86-78(84(97)107-54-108-86)79(109-116)67-41-65-23-25-98-85(65)99-47-67/h9-11,14-15,18,20,23,25,37-38,41,44-45,47-51,54-55,57-58,60-61,70-72,74-77,81-82,119-120,127H,12-13,16-17,19,21-22,24,26-36,39-40,42-43,46,52-53,96H2,1-8H3,(H,98,99)(H,106,126)(H2,97,107,108)/b11-9+,14-10+,56-15+,59-37+/t55-,57-,58-,60-,61+,70+,71-,72+,74-,75+,76+,77-,81-,82+,95-/m1/s1. The van der Waals surface area contributed by atoms with Crippen LogP contribution in [0.4, 0.5) is 28.5 Å². The summed E-state index contributed by atoms with van der Waals surface area (Å²) < 4.78 is 32.1. The molecule has 0 unspecified atom stereocenters. The van der Waals surface area contributed by atoms with E-state index in [-0.39, 0.29) is 61.6 Å². The van der Waals surface area contributed by atoms with Gasteiger partial charge in [-0.15, -0.1) is 0 Å². The second-order valence-corrected chi connectivity index (χ2v) is 36.2. The molecule has 9 N–H and O–H groups in total. The lowest BCUT2D eigenvalue weighted by atomic mass is 9.80. The molecular formula is C95H119N21O16. The van der Waals surface area contributed by atoms with E-state index in [2.05, 4.69) is 73.4 Å². The van der Waals surface area contributed by atoms with Crippen molar-refractivity contribution in [2.75, 3.05) is 100 Å². The van der Waals surface area contributed by atoms with Crippen molar-refractivity contribution >= 4 is 92.9 Å². The SMILES string of the molecule is CO[C@H]1C[C@@H]2CC[C@@H](C)[C@@](O)(O2)C(=O)C(=O)N2CCCC[C@H]2C(=O)O[C@H]([C@H](N)C[C@@H]2CC[C@@H](OC(=O)NCc3cnc(N4CCN(c5ncc(C(=O)N6CCN(c7ncc(C(=O)N8CCc9cc(Cn%10nc(-c%11cnc%12[nH]ccc%12c%11)c%11c(N)ncnc%11%10)ccc9C8)cn7)CC6)cn5)CC4)nc3)[C@H](OC)C2)CC(=O)[C@H](C)/C=C(\C)[C@@H](O)[C@@H](O)C(=O)[C@H](C)C[C@H](C)/C=C/C=C/C=C/1C. The number of nitrogens with one attached hydrogen (secondary N) is 2. The zero-order valence-electron chi connectivity index (χ0n) is 75.9. The molecule has 37 nitrogen and oxygen atoms in total. The number of fused-ring (bicyclic) bond motifs is 6. The van der Waals surface area contributed by atoms with Crippen LogP contribution in [0.25, 0.3) is 33.3 Å². The van der Waals surface area contributed by atoms with Crippen LogP contribution in [0.3, 0.4) is 0 Å². The first-order chi connectivity index (χ1) is 63.6. The molecule has 4 saturated heterocycles. The fourth-order valence-corrected chi connectivity index (χ4v) is 19.0. The van der Waals surface area contributed by atoms with Gasteiger partial charge in [0.05, 0.1) is 41.4 Å². The van der Waals surface area contributed by atoms with E-state index in [9.17, 15) is 53.7 Å². The number of aromatic amines is 1. The Hall–Kier alpha value is -12.3. The lowest BCUT2D eigenvalue weighted by Gasteiger charge is -2.42. The first-order valence-corrected chi connectivity index (χ1v) is 45.7. The fourth-order valence-electron chi connectivity index (χ4n) is 19.0. The summed E-state index contributed by atoms with van der Waals surface area (Å²) in [6, 6.07) is 7.97. The molecule has 1 aliphatic carbocycles. The van der Waals surface area contributed by atoms with Crippen LogP contribution in [0.5, 0.6) is 0 Å². The number of Topliss-reactive ketones (excluding diaryl/α,β-unsaturated/α-hetero) is 3. The second kappa shape index (κ2) is 42.1. The summed E-state index contributed by atoms with van der Waals surface area (Å²) in [4.78, 5) is 168. The minimum absolute atomic E-state index is 0.0109. The molecule has 8 aromatic rings. The van der Waals surface area contributed by atoms with Crippen LogP contribution >= 0.6 is 0 Å². The number of anilines is 4. The lowest BCUT2D eigenvalue weighted by molar-refractivity contribution is -0.265. The Labute approximate surface area is 765 Å². The third-order valence-electron chi connectivity index (χ3n) is 27.0. The number of carbonyl (C=O) groups excluding carboxylic acids is 8. The van der Waals surface area contributed by atoms with Crippen LogP contribution in [0.2, 0.25) is 0 Å². The van der Waals surface area contributed by atoms with Gasteiger partial charge in [0.2, 0.25) is 23.6 Å². The van der Waals surface area contributed by atoms with E-state index in [1.165, 1.54) is 26.4 Å². The average molecular weight is 1810 g/mol. The Morgan fingerprint density at radius 1 is 0.682 bits per heavy atom. The number of methoxy groups -OCH3 is 2. The van der Waals surface area contributed by atoms with Crippen molar-refractivity contribution in [3.05, 3.63) is 167 Å². The molecular weight excluding hydrogens is 1690 g/mol. The molecule has 2 bridgehead atoms. The van der Waals surface area contributed by atoms with Crippen LogP contribution in [0.1, 0.15) is 162 Å². The van der Waals surface area contributed by atoms with Crippen LogP contribution in [-0.2, 0) is 73.7 Å². The zero-order valence-corrected chi connectivity index (χ0v) is 75.9. The maximum Gasteiger partial charge on any atom is 0.407 e. The highest BCUT2D eigenvalue weighted by molar-refractivity contribution is 6.39. The van der Waals surface area contributed by atoms with Gasteiger partial charge in [-0.05, 0) is 136 Å². The van der Waals surface area contributed by atoms with Crippen LogP contribution < -0.4 is 31.5 Å². The number of ketones is 3. The summed E-state index contributed by atoms with van der Waals surface area (Å²) in [7, 11) is 3.06.